The molecule has 3 N–H and O–H groups in total. The Labute approximate surface area is 123 Å². The molecule has 0 saturated carbocycles. The number of nitrogens with two attached hydrogens (primary N) is 1. The van der Waals surface area contributed by atoms with Crippen LogP contribution in [0.3, 0.4) is 0 Å². The summed E-state index contributed by atoms with van der Waals surface area (Å²) in [4.78, 5) is 12.3. The molecule has 4 heteroatoms. The molecule has 0 saturated heterocycles. The third-order valence-electron chi connectivity index (χ3n) is 3.20. The average molecular weight is 289 g/mol. The molecule has 20 heavy (non-hydrogen) atoms. The predicted molar refractivity (Wildman–Crippen MR) is 82.9 cm³/mol. The van der Waals surface area contributed by atoms with Crippen LogP contribution in [0.25, 0.3) is 0 Å². The first-order valence-electron chi connectivity index (χ1n) is 6.40. The number of halogens is 1. The third-order valence-corrected chi connectivity index (χ3v) is 3.44. The smallest absolute Gasteiger partial charge is 0.252 e. The number of hydrogen-bond donors (Lipinski definition) is 2. The molecule has 1 amide bonds. The molecule has 1 unspecified atom stereocenters. The van der Waals surface area contributed by atoms with Crippen LogP contribution in [-0.2, 0) is 0 Å². The Bertz CT molecular complexity index is 640. The van der Waals surface area contributed by atoms with Crippen molar-refractivity contribution >= 4 is 23.2 Å². The van der Waals surface area contributed by atoms with Crippen molar-refractivity contribution in [3.05, 3.63) is 64.2 Å². The number of benzene rings is 2. The van der Waals surface area contributed by atoms with E-state index in [2.05, 4.69) is 5.32 Å². The highest BCUT2D eigenvalue weighted by atomic mass is 35.5. The number of rotatable bonds is 3. The molecule has 0 spiro atoms. The number of hydrogen-bond acceptors (Lipinski definition) is 2. The summed E-state index contributed by atoms with van der Waals surface area (Å²) in [6.07, 6.45) is 0. The van der Waals surface area contributed by atoms with Gasteiger partial charge in [0.1, 0.15) is 0 Å². The van der Waals surface area contributed by atoms with Gasteiger partial charge >= 0.3 is 0 Å². The molecular weight excluding hydrogens is 272 g/mol. The summed E-state index contributed by atoms with van der Waals surface area (Å²) in [5, 5.41) is 3.61. The van der Waals surface area contributed by atoms with E-state index >= 15 is 0 Å². The highest BCUT2D eigenvalue weighted by Gasteiger charge is 2.13. The molecule has 0 bridgehead atoms. The Kier molecular flexibility index (Phi) is 4.30. The molecule has 104 valence electrons. The van der Waals surface area contributed by atoms with Gasteiger partial charge in [0.2, 0.25) is 0 Å². The molecule has 0 fully saturated rings. The van der Waals surface area contributed by atoms with E-state index in [-0.39, 0.29) is 11.9 Å². The zero-order chi connectivity index (χ0) is 14.7. The van der Waals surface area contributed by atoms with Gasteiger partial charge < -0.3 is 11.1 Å². The lowest BCUT2D eigenvalue weighted by molar-refractivity contribution is 0.0939. The van der Waals surface area contributed by atoms with Crippen molar-refractivity contribution in [3.8, 4) is 0 Å². The Balaban J connectivity index is 2.17. The van der Waals surface area contributed by atoms with Crippen molar-refractivity contribution in [2.75, 3.05) is 5.73 Å². The molecular formula is C16H17ClN2O. The van der Waals surface area contributed by atoms with Crippen molar-refractivity contribution in [1.29, 1.82) is 0 Å². The van der Waals surface area contributed by atoms with Crippen molar-refractivity contribution in [2.24, 2.45) is 0 Å². The van der Waals surface area contributed by atoms with E-state index < -0.39 is 0 Å². The maximum Gasteiger partial charge on any atom is 0.252 e. The Morgan fingerprint density at radius 1 is 1.25 bits per heavy atom. The first-order valence-corrected chi connectivity index (χ1v) is 6.77. The van der Waals surface area contributed by atoms with Crippen molar-refractivity contribution in [2.45, 2.75) is 19.9 Å². The number of aryl methyl sites for hydroxylation is 1. The minimum Gasteiger partial charge on any atom is -0.399 e. The maximum absolute atomic E-state index is 12.3. The van der Waals surface area contributed by atoms with Crippen LogP contribution in [0.15, 0.2) is 42.5 Å². The van der Waals surface area contributed by atoms with Crippen LogP contribution in [0.1, 0.15) is 34.5 Å². The van der Waals surface area contributed by atoms with Crippen LogP contribution >= 0.6 is 11.6 Å². The van der Waals surface area contributed by atoms with Crippen LogP contribution in [0.4, 0.5) is 5.69 Å². The molecule has 0 aliphatic carbocycles. The third kappa shape index (κ3) is 3.31. The summed E-state index contributed by atoms with van der Waals surface area (Å²) in [5.41, 5.74) is 8.77. The molecule has 0 aliphatic rings. The largest absolute Gasteiger partial charge is 0.399 e. The lowest BCUT2D eigenvalue weighted by atomic mass is 10.1. The van der Waals surface area contributed by atoms with E-state index in [0.717, 1.165) is 11.1 Å². The molecule has 0 radical (unpaired) electrons. The average Bonchev–Trinajstić information content (AvgIpc) is 2.41. The summed E-state index contributed by atoms with van der Waals surface area (Å²) in [6.45, 7) is 3.81. The lowest BCUT2D eigenvalue weighted by Crippen LogP contribution is -2.27. The number of carbonyl (C=O) groups is 1. The second kappa shape index (κ2) is 5.97. The van der Waals surface area contributed by atoms with Gasteiger partial charge in [-0.2, -0.15) is 0 Å². The van der Waals surface area contributed by atoms with Gasteiger partial charge in [0, 0.05) is 16.3 Å². The highest BCUT2D eigenvalue weighted by molar-refractivity contribution is 6.30. The van der Waals surface area contributed by atoms with E-state index in [9.17, 15) is 4.79 Å². The number of carbonyl (C=O) groups excluding carboxylic acids is 1. The van der Waals surface area contributed by atoms with Crippen molar-refractivity contribution in [1.82, 2.24) is 5.32 Å². The SMILES string of the molecule is Cc1ccc(N)cc1C(=O)NC(C)c1cccc(Cl)c1. The molecule has 1 atom stereocenters. The Morgan fingerprint density at radius 2 is 2.00 bits per heavy atom. The summed E-state index contributed by atoms with van der Waals surface area (Å²) in [6, 6.07) is 12.6. The number of nitrogen functional groups attached to an aromatic ring is 1. The molecule has 0 aromatic heterocycles. The van der Waals surface area contributed by atoms with Crippen LogP contribution in [0.2, 0.25) is 5.02 Å². The van der Waals surface area contributed by atoms with E-state index in [1.807, 2.05) is 44.2 Å². The molecule has 3 nitrogen and oxygen atoms in total. The Morgan fingerprint density at radius 3 is 2.70 bits per heavy atom. The van der Waals surface area contributed by atoms with Gasteiger partial charge in [-0.05, 0) is 49.2 Å². The number of anilines is 1. The quantitative estimate of drug-likeness (QED) is 0.846. The van der Waals surface area contributed by atoms with Crippen LogP contribution in [0, 0.1) is 6.92 Å². The topological polar surface area (TPSA) is 55.1 Å². The van der Waals surface area contributed by atoms with Gasteiger partial charge in [-0.3, -0.25) is 4.79 Å². The lowest BCUT2D eigenvalue weighted by Gasteiger charge is -2.16. The van der Waals surface area contributed by atoms with Crippen LogP contribution < -0.4 is 11.1 Å². The van der Waals surface area contributed by atoms with Crippen LogP contribution in [-0.4, -0.2) is 5.91 Å². The van der Waals surface area contributed by atoms with Gasteiger partial charge in [-0.15, -0.1) is 0 Å². The normalized spacial score (nSPS) is 11.9. The highest BCUT2D eigenvalue weighted by Crippen LogP contribution is 2.19. The summed E-state index contributed by atoms with van der Waals surface area (Å²) in [5.74, 6) is -0.137. The van der Waals surface area contributed by atoms with E-state index in [4.69, 9.17) is 17.3 Å². The maximum atomic E-state index is 12.3. The predicted octanol–water partition coefficient (Wildman–Crippen LogP) is 3.72. The zero-order valence-electron chi connectivity index (χ0n) is 11.5. The fourth-order valence-electron chi connectivity index (χ4n) is 2.02. The molecule has 2 aromatic carbocycles. The van der Waals surface area contributed by atoms with E-state index in [1.165, 1.54) is 0 Å². The van der Waals surface area contributed by atoms with E-state index in [1.54, 1.807) is 12.1 Å². The van der Waals surface area contributed by atoms with Gasteiger partial charge in [0.25, 0.3) is 5.91 Å². The summed E-state index contributed by atoms with van der Waals surface area (Å²) < 4.78 is 0. The molecule has 2 rings (SSSR count). The molecule has 2 aromatic rings. The van der Waals surface area contributed by atoms with Gasteiger partial charge in [-0.25, -0.2) is 0 Å². The number of amides is 1. The van der Waals surface area contributed by atoms with Gasteiger partial charge in [-0.1, -0.05) is 29.8 Å². The van der Waals surface area contributed by atoms with Gasteiger partial charge in [0.05, 0.1) is 6.04 Å². The monoisotopic (exact) mass is 288 g/mol. The second-order valence-electron chi connectivity index (χ2n) is 4.82. The van der Waals surface area contributed by atoms with Crippen LogP contribution in [0.5, 0.6) is 0 Å². The molecule has 0 aliphatic heterocycles. The zero-order valence-corrected chi connectivity index (χ0v) is 12.2. The standard InChI is InChI=1S/C16H17ClN2O/c1-10-6-7-14(18)9-15(10)16(20)19-11(2)12-4-3-5-13(17)8-12/h3-9,11H,18H2,1-2H3,(H,19,20). The fourth-order valence-corrected chi connectivity index (χ4v) is 2.22. The van der Waals surface area contributed by atoms with Gasteiger partial charge in [0.15, 0.2) is 0 Å². The first-order chi connectivity index (χ1) is 9.47. The minimum absolute atomic E-state index is 0.123. The van der Waals surface area contributed by atoms with Crippen molar-refractivity contribution in [3.63, 3.8) is 0 Å². The summed E-state index contributed by atoms with van der Waals surface area (Å²) in [7, 11) is 0. The molecule has 0 heterocycles. The minimum atomic E-state index is -0.137. The van der Waals surface area contributed by atoms with Crippen molar-refractivity contribution < 1.29 is 4.79 Å². The second-order valence-corrected chi connectivity index (χ2v) is 5.26. The summed E-state index contributed by atoms with van der Waals surface area (Å²) >= 11 is 5.96. The first kappa shape index (κ1) is 14.4. The number of nitrogens with one attached hydrogen (secondary N) is 1. The fraction of sp³-hybridized carbons (Fsp3) is 0.188. The van der Waals surface area contributed by atoms with E-state index in [0.29, 0.717) is 16.3 Å². The Hall–Kier alpha value is -2.00.